The maximum absolute atomic E-state index is 13.7. The molecule has 0 radical (unpaired) electrons. The van der Waals surface area contributed by atoms with Crippen molar-refractivity contribution in [1.82, 2.24) is 0 Å². The van der Waals surface area contributed by atoms with E-state index in [1.54, 1.807) is 25.1 Å². The number of carbonyl (C=O) groups is 2. The quantitative estimate of drug-likeness (QED) is 0.444. The lowest BCUT2D eigenvalue weighted by atomic mass is 9.99. The SMILES string of the molecule is C.COC(=O)C(C)CCCC(=O)C1=C/CC\C=C(c2ccoc2)/C=C(C(F)(F)F)\C(C)=N\1. The van der Waals surface area contributed by atoms with Gasteiger partial charge in [-0.3, -0.25) is 9.59 Å². The second kappa shape index (κ2) is 12.2. The van der Waals surface area contributed by atoms with Crippen molar-refractivity contribution < 1.29 is 31.9 Å². The number of nitrogens with zero attached hydrogens (tertiary/aromatic N) is 1. The zero-order valence-electron chi connectivity index (χ0n) is 17.8. The van der Waals surface area contributed by atoms with Crippen LogP contribution >= 0.6 is 0 Å². The normalized spacial score (nSPS) is 22.4. The number of rotatable bonds is 7. The maximum atomic E-state index is 13.7. The van der Waals surface area contributed by atoms with Gasteiger partial charge in [-0.15, -0.1) is 0 Å². The third kappa shape index (κ3) is 7.66. The minimum atomic E-state index is -4.64. The number of Topliss-reactive ketones (excluding diaryl/α,β-unsaturated/α-hetero) is 1. The number of hydrogen-bond donors (Lipinski definition) is 0. The zero-order valence-corrected chi connectivity index (χ0v) is 17.8. The predicted molar refractivity (Wildman–Crippen MR) is 118 cm³/mol. The highest BCUT2D eigenvalue weighted by atomic mass is 19.4. The molecule has 2 heterocycles. The Morgan fingerprint density at radius 3 is 2.53 bits per heavy atom. The molecule has 1 atom stereocenters. The van der Waals surface area contributed by atoms with Gasteiger partial charge in [0, 0.05) is 12.0 Å². The molecule has 0 aromatic carbocycles. The standard InChI is InChI=1S/C23H26F3NO4.CH4/c1-15(22(29)30-3)7-6-10-21(28)20-9-5-4-8-17(18-11-12-31-14-18)13-19(16(2)27-20)23(24,25)26;/h8-9,11-15H,4-7,10H2,1-3H3;1H4/b17-8+,19-13+,20-9-,27-16+;. The Morgan fingerprint density at radius 1 is 1.25 bits per heavy atom. The molecule has 32 heavy (non-hydrogen) atoms. The largest absolute Gasteiger partial charge is 0.472 e. The second-order valence-corrected chi connectivity index (χ2v) is 7.33. The lowest BCUT2D eigenvalue weighted by molar-refractivity contribution is -0.145. The van der Waals surface area contributed by atoms with Gasteiger partial charge in [0.05, 0.1) is 36.8 Å². The van der Waals surface area contributed by atoms with Crippen LogP contribution in [0.2, 0.25) is 0 Å². The summed E-state index contributed by atoms with van der Waals surface area (Å²) in [4.78, 5) is 28.1. The van der Waals surface area contributed by atoms with E-state index in [0.717, 1.165) is 6.08 Å². The molecule has 0 saturated carbocycles. The average Bonchev–Trinajstić information content (AvgIpc) is 3.25. The Labute approximate surface area is 186 Å². The number of esters is 1. The summed E-state index contributed by atoms with van der Waals surface area (Å²) in [5, 5.41) is 0. The lowest BCUT2D eigenvalue weighted by Gasteiger charge is -2.15. The molecule has 1 aliphatic heterocycles. The summed E-state index contributed by atoms with van der Waals surface area (Å²) < 4.78 is 50.9. The highest BCUT2D eigenvalue weighted by molar-refractivity contribution is 6.06. The minimum absolute atomic E-state index is 0. The molecule has 1 aromatic rings. The fraction of sp³-hybridized carbons (Fsp3) is 0.458. The molecule has 0 spiro atoms. The molecular formula is C24H30F3NO4. The van der Waals surface area contributed by atoms with Crippen LogP contribution in [-0.2, 0) is 14.3 Å². The van der Waals surface area contributed by atoms with E-state index in [4.69, 9.17) is 4.42 Å². The summed E-state index contributed by atoms with van der Waals surface area (Å²) in [5.74, 6) is -1.07. The summed E-state index contributed by atoms with van der Waals surface area (Å²) >= 11 is 0. The fourth-order valence-corrected chi connectivity index (χ4v) is 3.17. The van der Waals surface area contributed by atoms with Gasteiger partial charge in [0.1, 0.15) is 5.70 Å². The number of halogens is 3. The minimum Gasteiger partial charge on any atom is -0.472 e. The molecule has 1 aromatic heterocycles. The number of alkyl halides is 3. The summed E-state index contributed by atoms with van der Waals surface area (Å²) in [5.41, 5.74) is -0.268. The van der Waals surface area contributed by atoms with E-state index in [-0.39, 0.29) is 42.9 Å². The number of ketones is 1. The first-order valence-corrected chi connectivity index (χ1v) is 10.0. The molecule has 8 heteroatoms. The number of furan rings is 1. The van der Waals surface area contributed by atoms with Crippen molar-refractivity contribution in [2.45, 2.75) is 59.6 Å². The lowest BCUT2D eigenvalue weighted by Crippen LogP contribution is -2.19. The van der Waals surface area contributed by atoms with Gasteiger partial charge in [-0.05, 0) is 50.3 Å². The Morgan fingerprint density at radius 2 is 1.94 bits per heavy atom. The summed E-state index contributed by atoms with van der Waals surface area (Å²) in [7, 11) is 1.30. The Bertz CT molecular complexity index is 906. The van der Waals surface area contributed by atoms with Crippen molar-refractivity contribution >= 4 is 23.0 Å². The highest BCUT2D eigenvalue weighted by Gasteiger charge is 2.36. The van der Waals surface area contributed by atoms with Crippen LogP contribution in [0.5, 0.6) is 0 Å². The van der Waals surface area contributed by atoms with E-state index < -0.39 is 11.7 Å². The Hall–Kier alpha value is -2.90. The van der Waals surface area contributed by atoms with Crippen LogP contribution in [0.1, 0.15) is 58.9 Å². The van der Waals surface area contributed by atoms with Gasteiger partial charge in [-0.1, -0.05) is 26.5 Å². The van der Waals surface area contributed by atoms with Crippen molar-refractivity contribution in [3.63, 3.8) is 0 Å². The number of hydrogen-bond acceptors (Lipinski definition) is 5. The van der Waals surface area contributed by atoms with Crippen LogP contribution < -0.4 is 0 Å². The molecule has 1 unspecified atom stereocenters. The van der Waals surface area contributed by atoms with Gasteiger partial charge in [0.25, 0.3) is 0 Å². The van der Waals surface area contributed by atoms with Crippen LogP contribution in [-0.4, -0.2) is 30.8 Å². The molecule has 0 bridgehead atoms. The van der Waals surface area contributed by atoms with E-state index in [9.17, 15) is 22.8 Å². The smallest absolute Gasteiger partial charge is 0.418 e. The van der Waals surface area contributed by atoms with Crippen molar-refractivity contribution in [3.8, 4) is 0 Å². The third-order valence-electron chi connectivity index (χ3n) is 4.94. The molecule has 0 saturated heterocycles. The number of methoxy groups -OCH3 is 1. The van der Waals surface area contributed by atoms with Crippen molar-refractivity contribution in [1.29, 1.82) is 0 Å². The average molecular weight is 454 g/mol. The number of ether oxygens (including phenoxy) is 1. The van der Waals surface area contributed by atoms with Crippen LogP contribution in [0.4, 0.5) is 13.2 Å². The first-order chi connectivity index (χ1) is 14.6. The maximum Gasteiger partial charge on any atom is 0.418 e. The number of aliphatic imine (C=N–C) groups is 1. The van der Waals surface area contributed by atoms with Gasteiger partial charge >= 0.3 is 12.1 Å². The van der Waals surface area contributed by atoms with Gasteiger partial charge < -0.3 is 9.15 Å². The first kappa shape index (κ1) is 27.1. The topological polar surface area (TPSA) is 68.9 Å². The second-order valence-electron chi connectivity index (χ2n) is 7.33. The molecule has 176 valence electrons. The summed E-state index contributed by atoms with van der Waals surface area (Å²) in [6.45, 7) is 2.94. The molecule has 2 rings (SSSR count). The third-order valence-corrected chi connectivity index (χ3v) is 4.94. The Balaban J connectivity index is 0.00000512. The predicted octanol–water partition coefficient (Wildman–Crippen LogP) is 6.47. The van der Waals surface area contributed by atoms with Crippen LogP contribution in [0.15, 0.2) is 57.5 Å². The van der Waals surface area contributed by atoms with Gasteiger partial charge in [-0.2, -0.15) is 13.2 Å². The molecule has 5 nitrogen and oxygen atoms in total. The molecule has 0 N–H and O–H groups in total. The van der Waals surface area contributed by atoms with Crippen LogP contribution in [0, 0.1) is 5.92 Å². The van der Waals surface area contributed by atoms with Crippen LogP contribution in [0.25, 0.3) is 5.57 Å². The highest BCUT2D eigenvalue weighted by Crippen LogP contribution is 2.32. The molecule has 0 fully saturated rings. The fourth-order valence-electron chi connectivity index (χ4n) is 3.17. The van der Waals surface area contributed by atoms with Crippen LogP contribution in [0.3, 0.4) is 0 Å². The van der Waals surface area contributed by atoms with Gasteiger partial charge in [-0.25, -0.2) is 4.99 Å². The van der Waals surface area contributed by atoms with E-state index in [2.05, 4.69) is 9.73 Å². The molecule has 1 aliphatic rings. The summed E-state index contributed by atoms with van der Waals surface area (Å²) in [6.07, 6.45) is 4.26. The zero-order chi connectivity index (χ0) is 23.0. The van der Waals surface area contributed by atoms with E-state index in [1.807, 2.05) is 0 Å². The van der Waals surface area contributed by atoms with E-state index >= 15 is 0 Å². The van der Waals surface area contributed by atoms with Crippen molar-refractivity contribution in [3.05, 3.63) is 53.7 Å². The van der Waals surface area contributed by atoms with E-state index in [1.165, 1.54) is 26.6 Å². The molecule has 0 amide bonds. The van der Waals surface area contributed by atoms with Gasteiger partial charge in [0.2, 0.25) is 0 Å². The first-order valence-electron chi connectivity index (χ1n) is 10.0. The number of carbonyl (C=O) groups excluding carboxylic acids is 2. The van der Waals surface area contributed by atoms with Gasteiger partial charge in [0.15, 0.2) is 5.78 Å². The number of allylic oxidation sites excluding steroid dienone is 6. The monoisotopic (exact) mass is 453 g/mol. The van der Waals surface area contributed by atoms with Crippen molar-refractivity contribution in [2.24, 2.45) is 10.9 Å². The molecular weight excluding hydrogens is 423 g/mol. The van der Waals surface area contributed by atoms with Crippen molar-refractivity contribution in [2.75, 3.05) is 7.11 Å². The molecule has 0 aliphatic carbocycles. The Kier molecular flexibility index (Phi) is 10.4. The summed E-state index contributed by atoms with van der Waals surface area (Å²) in [6, 6.07) is 1.59. The van der Waals surface area contributed by atoms with E-state index in [0.29, 0.717) is 36.8 Å².